The van der Waals surface area contributed by atoms with Crippen LogP contribution in [-0.2, 0) is 16.6 Å². The van der Waals surface area contributed by atoms with Gasteiger partial charge in [0.15, 0.2) is 4.67 Å². The summed E-state index contributed by atoms with van der Waals surface area (Å²) in [7, 11) is -1.97. The Morgan fingerprint density at radius 3 is 2.76 bits per heavy atom. The molecule has 0 bridgehead atoms. The minimum Gasteiger partial charge on any atom is -0.451 e. The Bertz CT molecular complexity index is 721. The summed E-state index contributed by atoms with van der Waals surface area (Å²) in [4.78, 5) is 0.0602. The maximum absolute atomic E-state index is 12.4. The van der Waals surface area contributed by atoms with Crippen molar-refractivity contribution in [2.45, 2.75) is 31.3 Å². The Hall–Kier alpha value is -1.32. The van der Waals surface area contributed by atoms with E-state index in [1.807, 2.05) is 13.8 Å². The van der Waals surface area contributed by atoms with Crippen LogP contribution in [0.3, 0.4) is 0 Å². The number of rotatable bonds is 6. The lowest BCUT2D eigenvalue weighted by molar-refractivity contribution is 0.470. The number of furan rings is 1. The third kappa shape index (κ3) is 3.66. The Kier molecular flexibility index (Phi) is 4.74. The highest BCUT2D eigenvalue weighted by Crippen LogP contribution is 2.28. The quantitative estimate of drug-likeness (QED) is 0.807. The van der Waals surface area contributed by atoms with E-state index in [1.165, 1.54) is 12.3 Å². The van der Waals surface area contributed by atoms with Crippen LogP contribution in [0, 0.1) is 0 Å². The molecule has 0 aliphatic heterocycles. The van der Waals surface area contributed by atoms with Crippen LogP contribution in [0.4, 0.5) is 5.69 Å². The van der Waals surface area contributed by atoms with Crippen molar-refractivity contribution in [3.63, 3.8) is 0 Å². The Morgan fingerprint density at radius 2 is 2.19 bits per heavy atom. The number of anilines is 1. The molecule has 7 nitrogen and oxygen atoms in total. The molecule has 0 aliphatic carbocycles. The second kappa shape index (κ2) is 6.20. The van der Waals surface area contributed by atoms with E-state index in [0.717, 1.165) is 0 Å². The van der Waals surface area contributed by atoms with E-state index in [2.05, 4.69) is 31.1 Å². The minimum absolute atomic E-state index is 0.0602. The molecule has 21 heavy (non-hydrogen) atoms. The lowest BCUT2D eigenvalue weighted by atomic mass is 10.4. The Balaban J connectivity index is 2.25. The monoisotopic (exact) mass is 376 g/mol. The number of nitrogens with zero attached hydrogens (tertiary/aromatic N) is 2. The molecule has 0 saturated heterocycles. The standard InChI is InChI=1S/C12H17BrN4O3S/c1-8(2)17-7-9(5-15-17)16-21(18,19)11-4-10(6-14-3)20-12(11)13/h4-5,7-8,14,16H,6H2,1-3H3. The van der Waals surface area contributed by atoms with Crippen LogP contribution >= 0.6 is 15.9 Å². The predicted molar refractivity (Wildman–Crippen MR) is 82.6 cm³/mol. The predicted octanol–water partition coefficient (Wildman–Crippen LogP) is 2.34. The van der Waals surface area contributed by atoms with Crippen molar-refractivity contribution in [1.29, 1.82) is 0 Å². The van der Waals surface area contributed by atoms with Gasteiger partial charge in [-0.05, 0) is 36.8 Å². The van der Waals surface area contributed by atoms with Gasteiger partial charge >= 0.3 is 0 Å². The van der Waals surface area contributed by atoms with Gasteiger partial charge in [-0.2, -0.15) is 5.10 Å². The number of nitrogens with one attached hydrogen (secondary N) is 2. The van der Waals surface area contributed by atoms with Gasteiger partial charge in [-0.15, -0.1) is 0 Å². The van der Waals surface area contributed by atoms with E-state index < -0.39 is 10.0 Å². The van der Waals surface area contributed by atoms with Crippen LogP contribution in [0.25, 0.3) is 0 Å². The van der Waals surface area contributed by atoms with E-state index in [1.54, 1.807) is 17.9 Å². The molecular weight excluding hydrogens is 360 g/mol. The topological polar surface area (TPSA) is 89.2 Å². The van der Waals surface area contributed by atoms with E-state index in [9.17, 15) is 8.42 Å². The van der Waals surface area contributed by atoms with E-state index in [4.69, 9.17) is 4.42 Å². The fraction of sp³-hybridized carbons (Fsp3) is 0.417. The van der Waals surface area contributed by atoms with Crippen LogP contribution in [0.2, 0.25) is 0 Å². The van der Waals surface area contributed by atoms with Gasteiger partial charge in [0, 0.05) is 18.3 Å². The van der Waals surface area contributed by atoms with Crippen LogP contribution in [0.1, 0.15) is 25.6 Å². The summed E-state index contributed by atoms with van der Waals surface area (Å²) in [5.41, 5.74) is 0.409. The first-order chi connectivity index (χ1) is 9.83. The molecule has 0 unspecified atom stereocenters. The molecule has 2 heterocycles. The molecule has 0 fully saturated rings. The molecule has 2 N–H and O–H groups in total. The van der Waals surface area contributed by atoms with E-state index in [0.29, 0.717) is 18.0 Å². The lowest BCUT2D eigenvalue weighted by Gasteiger charge is -2.05. The normalized spacial score (nSPS) is 12.0. The summed E-state index contributed by atoms with van der Waals surface area (Å²) in [6.07, 6.45) is 3.12. The van der Waals surface area contributed by atoms with Gasteiger partial charge in [-0.1, -0.05) is 0 Å². The highest BCUT2D eigenvalue weighted by Gasteiger charge is 2.23. The van der Waals surface area contributed by atoms with Crippen LogP contribution in [-0.4, -0.2) is 25.2 Å². The van der Waals surface area contributed by atoms with E-state index in [-0.39, 0.29) is 15.6 Å². The number of hydrogen-bond acceptors (Lipinski definition) is 5. The van der Waals surface area contributed by atoms with Crippen molar-refractivity contribution in [1.82, 2.24) is 15.1 Å². The van der Waals surface area contributed by atoms with Gasteiger partial charge in [0.2, 0.25) is 0 Å². The molecule has 2 aromatic rings. The first-order valence-corrected chi connectivity index (χ1v) is 8.61. The first kappa shape index (κ1) is 16.1. The van der Waals surface area contributed by atoms with Gasteiger partial charge in [0.05, 0.1) is 18.4 Å². The smallest absolute Gasteiger partial charge is 0.266 e. The average molecular weight is 377 g/mol. The van der Waals surface area contributed by atoms with Crippen molar-refractivity contribution >= 4 is 31.6 Å². The summed E-state index contributed by atoms with van der Waals surface area (Å²) >= 11 is 3.13. The molecule has 9 heteroatoms. The fourth-order valence-electron chi connectivity index (χ4n) is 1.73. The van der Waals surface area contributed by atoms with Crippen LogP contribution in [0.5, 0.6) is 0 Å². The first-order valence-electron chi connectivity index (χ1n) is 6.33. The van der Waals surface area contributed by atoms with Gasteiger partial charge in [-0.3, -0.25) is 9.40 Å². The Labute approximate surface area is 131 Å². The van der Waals surface area contributed by atoms with E-state index >= 15 is 0 Å². The average Bonchev–Trinajstić information content (AvgIpc) is 2.96. The maximum atomic E-state index is 12.4. The third-order valence-corrected chi connectivity index (χ3v) is 4.97. The fourth-order valence-corrected chi connectivity index (χ4v) is 3.75. The molecule has 0 spiro atoms. The molecule has 2 aromatic heterocycles. The minimum atomic E-state index is -3.73. The third-order valence-electron chi connectivity index (χ3n) is 2.73. The summed E-state index contributed by atoms with van der Waals surface area (Å²) < 4.78 is 34.4. The second-order valence-electron chi connectivity index (χ2n) is 4.79. The number of hydrogen-bond donors (Lipinski definition) is 2. The summed E-state index contributed by atoms with van der Waals surface area (Å²) in [6.45, 7) is 4.36. The Morgan fingerprint density at radius 1 is 1.48 bits per heavy atom. The zero-order valence-corrected chi connectivity index (χ0v) is 14.3. The molecule has 0 atom stereocenters. The van der Waals surface area contributed by atoms with Gasteiger partial charge in [0.25, 0.3) is 10.0 Å². The summed E-state index contributed by atoms with van der Waals surface area (Å²) in [5, 5.41) is 6.99. The number of halogens is 1. The number of aromatic nitrogens is 2. The maximum Gasteiger partial charge on any atom is 0.266 e. The van der Waals surface area contributed by atoms with Crippen LogP contribution in [0.15, 0.2) is 32.4 Å². The van der Waals surface area contributed by atoms with Crippen molar-refractivity contribution in [2.75, 3.05) is 11.8 Å². The zero-order valence-electron chi connectivity index (χ0n) is 11.9. The largest absolute Gasteiger partial charge is 0.451 e. The van der Waals surface area contributed by atoms with Gasteiger partial charge < -0.3 is 9.73 Å². The SMILES string of the molecule is CNCc1cc(S(=O)(=O)Nc2cnn(C(C)C)c2)c(Br)o1. The molecule has 0 amide bonds. The van der Waals surface area contributed by atoms with Crippen molar-refractivity contribution in [3.05, 3.63) is 28.9 Å². The molecule has 0 radical (unpaired) electrons. The van der Waals surface area contributed by atoms with Crippen molar-refractivity contribution in [2.24, 2.45) is 0 Å². The highest BCUT2D eigenvalue weighted by atomic mass is 79.9. The molecular formula is C12H17BrN4O3S. The molecule has 0 aliphatic rings. The molecule has 116 valence electrons. The lowest BCUT2D eigenvalue weighted by Crippen LogP contribution is -2.12. The highest BCUT2D eigenvalue weighted by molar-refractivity contribution is 9.10. The van der Waals surface area contributed by atoms with Crippen LogP contribution < -0.4 is 10.0 Å². The molecule has 0 aromatic carbocycles. The summed E-state index contributed by atoms with van der Waals surface area (Å²) in [6, 6.07) is 1.64. The molecule has 0 saturated carbocycles. The second-order valence-corrected chi connectivity index (χ2v) is 7.16. The zero-order chi connectivity index (χ0) is 15.6. The van der Waals surface area contributed by atoms with Gasteiger partial charge in [-0.25, -0.2) is 8.42 Å². The number of sulfonamides is 1. The van der Waals surface area contributed by atoms with Crippen molar-refractivity contribution < 1.29 is 12.8 Å². The van der Waals surface area contributed by atoms with Gasteiger partial charge in [0.1, 0.15) is 10.7 Å². The van der Waals surface area contributed by atoms with Crippen molar-refractivity contribution in [3.8, 4) is 0 Å². The summed E-state index contributed by atoms with van der Waals surface area (Å²) in [5.74, 6) is 0.530. The molecule has 2 rings (SSSR count).